The number of benzene rings is 2. The Balaban J connectivity index is 2.17. The number of ether oxygens (including phenoxy) is 1. The number of hydrogen-bond donors (Lipinski definition) is 2. The van der Waals surface area contributed by atoms with Gasteiger partial charge in [0.05, 0.1) is 11.1 Å². The van der Waals surface area contributed by atoms with Crippen molar-refractivity contribution in [2.45, 2.75) is 0 Å². The number of carbonyl (C=O) groups is 2. The number of esters is 1. The Morgan fingerprint density at radius 3 is 2.32 bits per heavy atom. The van der Waals surface area contributed by atoms with Crippen LogP contribution in [0.25, 0.3) is 0 Å². The second-order valence-electron chi connectivity index (χ2n) is 3.84. The summed E-state index contributed by atoms with van der Waals surface area (Å²) in [7, 11) is 0. The Morgan fingerprint density at radius 1 is 1.00 bits per heavy atom. The SMILES string of the molecule is Nc1ccc(C(=O)Oc2cccc(C(=O)O)c2)cc1. The molecule has 0 atom stereocenters. The van der Waals surface area contributed by atoms with Crippen LogP contribution in [0.3, 0.4) is 0 Å². The zero-order valence-corrected chi connectivity index (χ0v) is 9.87. The van der Waals surface area contributed by atoms with Crippen molar-refractivity contribution in [3.8, 4) is 5.75 Å². The molecule has 0 bridgehead atoms. The molecule has 0 aliphatic carbocycles. The molecule has 96 valence electrons. The molecule has 0 heterocycles. The third-order valence-electron chi connectivity index (χ3n) is 2.44. The highest BCUT2D eigenvalue weighted by molar-refractivity contribution is 5.92. The summed E-state index contributed by atoms with van der Waals surface area (Å²) in [5.41, 5.74) is 6.46. The fourth-order valence-electron chi connectivity index (χ4n) is 1.48. The van der Waals surface area contributed by atoms with Gasteiger partial charge in [-0.2, -0.15) is 0 Å². The van der Waals surface area contributed by atoms with Crippen LogP contribution < -0.4 is 10.5 Å². The van der Waals surface area contributed by atoms with E-state index in [1.54, 1.807) is 24.3 Å². The third kappa shape index (κ3) is 3.10. The minimum absolute atomic E-state index is 0.0580. The molecule has 0 aromatic heterocycles. The van der Waals surface area contributed by atoms with E-state index in [1.807, 2.05) is 0 Å². The maximum absolute atomic E-state index is 11.8. The second kappa shape index (κ2) is 5.22. The van der Waals surface area contributed by atoms with Crippen LogP contribution >= 0.6 is 0 Å². The largest absolute Gasteiger partial charge is 0.478 e. The van der Waals surface area contributed by atoms with Gasteiger partial charge in [0.25, 0.3) is 0 Å². The number of aromatic carboxylic acids is 1. The van der Waals surface area contributed by atoms with Crippen molar-refractivity contribution in [2.75, 3.05) is 5.73 Å². The fourth-order valence-corrected chi connectivity index (χ4v) is 1.48. The second-order valence-corrected chi connectivity index (χ2v) is 3.84. The summed E-state index contributed by atoms with van der Waals surface area (Å²) in [6.07, 6.45) is 0. The normalized spacial score (nSPS) is 9.89. The first kappa shape index (κ1) is 12.6. The van der Waals surface area contributed by atoms with Crippen LogP contribution in [-0.2, 0) is 0 Å². The zero-order valence-electron chi connectivity index (χ0n) is 9.87. The van der Waals surface area contributed by atoms with Gasteiger partial charge in [-0.3, -0.25) is 0 Å². The lowest BCUT2D eigenvalue weighted by molar-refractivity contribution is 0.0687. The molecular formula is C14H11NO4. The molecule has 5 heteroatoms. The Bertz CT molecular complexity index is 620. The summed E-state index contributed by atoms with van der Waals surface area (Å²) in [5, 5.41) is 8.84. The van der Waals surface area contributed by atoms with Crippen molar-refractivity contribution in [3.63, 3.8) is 0 Å². The minimum atomic E-state index is -1.08. The van der Waals surface area contributed by atoms with Gasteiger partial charge in [0.2, 0.25) is 0 Å². The lowest BCUT2D eigenvalue weighted by Gasteiger charge is -2.05. The first-order valence-corrected chi connectivity index (χ1v) is 5.47. The summed E-state index contributed by atoms with van der Waals surface area (Å²) in [6.45, 7) is 0. The Morgan fingerprint density at radius 2 is 1.68 bits per heavy atom. The number of rotatable bonds is 3. The van der Waals surface area contributed by atoms with Gasteiger partial charge in [-0.25, -0.2) is 9.59 Å². The molecule has 0 unspecified atom stereocenters. The molecular weight excluding hydrogens is 246 g/mol. The van der Waals surface area contributed by atoms with Crippen LogP contribution in [0.2, 0.25) is 0 Å². The van der Waals surface area contributed by atoms with Crippen LogP contribution in [0.15, 0.2) is 48.5 Å². The lowest BCUT2D eigenvalue weighted by atomic mass is 10.2. The highest BCUT2D eigenvalue weighted by atomic mass is 16.5. The van der Waals surface area contributed by atoms with Gasteiger partial charge in [0, 0.05) is 5.69 Å². The standard InChI is InChI=1S/C14H11NO4/c15-11-6-4-9(5-7-11)14(18)19-12-3-1-2-10(8-12)13(16)17/h1-8H,15H2,(H,16,17). The molecule has 0 radical (unpaired) electrons. The van der Waals surface area contributed by atoms with E-state index in [-0.39, 0.29) is 11.3 Å². The van der Waals surface area contributed by atoms with Gasteiger partial charge in [-0.15, -0.1) is 0 Å². The average molecular weight is 257 g/mol. The average Bonchev–Trinajstić information content (AvgIpc) is 2.39. The highest BCUT2D eigenvalue weighted by Crippen LogP contribution is 2.16. The first-order valence-electron chi connectivity index (χ1n) is 5.47. The van der Waals surface area contributed by atoms with Crippen LogP contribution in [0, 0.1) is 0 Å². The summed E-state index contributed by atoms with van der Waals surface area (Å²) in [6, 6.07) is 12.0. The molecule has 2 aromatic rings. The quantitative estimate of drug-likeness (QED) is 0.499. The number of carboxylic acid groups (broad SMARTS) is 1. The molecule has 0 spiro atoms. The number of carboxylic acids is 1. The smallest absolute Gasteiger partial charge is 0.343 e. The van der Waals surface area contributed by atoms with E-state index in [4.69, 9.17) is 15.6 Å². The minimum Gasteiger partial charge on any atom is -0.478 e. The van der Waals surface area contributed by atoms with Crippen LogP contribution in [0.4, 0.5) is 5.69 Å². The van der Waals surface area contributed by atoms with Gasteiger partial charge in [-0.1, -0.05) is 6.07 Å². The molecule has 19 heavy (non-hydrogen) atoms. The van der Waals surface area contributed by atoms with Crippen LogP contribution in [0.5, 0.6) is 5.75 Å². The molecule has 2 rings (SSSR count). The molecule has 0 aliphatic rings. The number of nitrogen functional groups attached to an aromatic ring is 1. The molecule has 0 amide bonds. The Hall–Kier alpha value is -2.82. The monoisotopic (exact) mass is 257 g/mol. The van der Waals surface area contributed by atoms with E-state index in [1.165, 1.54) is 24.3 Å². The zero-order chi connectivity index (χ0) is 13.8. The Kier molecular flexibility index (Phi) is 3.47. The molecule has 5 nitrogen and oxygen atoms in total. The topological polar surface area (TPSA) is 89.6 Å². The number of hydrogen-bond acceptors (Lipinski definition) is 4. The number of nitrogens with two attached hydrogens (primary N) is 1. The third-order valence-corrected chi connectivity index (χ3v) is 2.44. The van der Waals surface area contributed by atoms with Crippen molar-refractivity contribution < 1.29 is 19.4 Å². The van der Waals surface area contributed by atoms with Crippen molar-refractivity contribution in [1.29, 1.82) is 0 Å². The maximum atomic E-state index is 11.8. The molecule has 0 aliphatic heterocycles. The van der Waals surface area contributed by atoms with Gasteiger partial charge in [-0.05, 0) is 42.5 Å². The van der Waals surface area contributed by atoms with Crippen molar-refractivity contribution in [1.82, 2.24) is 0 Å². The van der Waals surface area contributed by atoms with Gasteiger partial charge in [0.1, 0.15) is 5.75 Å². The molecule has 0 fully saturated rings. The predicted octanol–water partition coefficient (Wildman–Crippen LogP) is 2.19. The van der Waals surface area contributed by atoms with E-state index in [0.717, 1.165) is 0 Å². The maximum Gasteiger partial charge on any atom is 0.343 e. The van der Waals surface area contributed by atoms with Gasteiger partial charge >= 0.3 is 11.9 Å². The van der Waals surface area contributed by atoms with E-state index < -0.39 is 11.9 Å². The van der Waals surface area contributed by atoms with Crippen molar-refractivity contribution in [2.24, 2.45) is 0 Å². The summed E-state index contributed by atoms with van der Waals surface area (Å²) in [5.74, 6) is -1.46. The molecule has 0 saturated carbocycles. The van der Waals surface area contributed by atoms with Crippen molar-refractivity contribution in [3.05, 3.63) is 59.7 Å². The van der Waals surface area contributed by atoms with Crippen molar-refractivity contribution >= 4 is 17.6 Å². The number of carbonyl (C=O) groups excluding carboxylic acids is 1. The lowest BCUT2D eigenvalue weighted by Crippen LogP contribution is -2.09. The predicted molar refractivity (Wildman–Crippen MR) is 69.2 cm³/mol. The van der Waals surface area contributed by atoms with Gasteiger partial charge in [0.15, 0.2) is 0 Å². The summed E-state index contributed by atoms with van der Waals surface area (Å²) in [4.78, 5) is 22.6. The van der Waals surface area contributed by atoms with Crippen LogP contribution in [0.1, 0.15) is 20.7 Å². The number of anilines is 1. The van der Waals surface area contributed by atoms with E-state index >= 15 is 0 Å². The highest BCUT2D eigenvalue weighted by Gasteiger charge is 2.10. The van der Waals surface area contributed by atoms with Gasteiger partial charge < -0.3 is 15.6 Å². The fraction of sp³-hybridized carbons (Fsp3) is 0. The summed E-state index contributed by atoms with van der Waals surface area (Å²) >= 11 is 0. The van der Waals surface area contributed by atoms with E-state index in [9.17, 15) is 9.59 Å². The summed E-state index contributed by atoms with van der Waals surface area (Å²) < 4.78 is 5.09. The van der Waals surface area contributed by atoms with E-state index in [0.29, 0.717) is 11.3 Å². The first-order chi connectivity index (χ1) is 9.06. The Labute approximate surface area is 109 Å². The molecule has 0 saturated heterocycles. The van der Waals surface area contributed by atoms with E-state index in [2.05, 4.69) is 0 Å². The molecule has 2 aromatic carbocycles. The van der Waals surface area contributed by atoms with Crippen LogP contribution in [-0.4, -0.2) is 17.0 Å². The molecule has 3 N–H and O–H groups in total.